The number of ether oxygens (including phenoxy) is 1. The molecule has 1 atom stereocenters. The summed E-state index contributed by atoms with van der Waals surface area (Å²) in [6.45, 7) is 2.06. The van der Waals surface area contributed by atoms with Gasteiger partial charge in [0.2, 0.25) is 0 Å². The van der Waals surface area contributed by atoms with E-state index in [4.69, 9.17) is 4.74 Å². The van der Waals surface area contributed by atoms with Gasteiger partial charge in [0.15, 0.2) is 11.0 Å². The molecule has 132 valence electrons. The SMILES string of the molecule is COc1ccc(-c2nnc(S[C@H](C#N)Cc3ccc(C)cc3)n2C)cc1. The maximum Gasteiger partial charge on any atom is 0.192 e. The van der Waals surface area contributed by atoms with E-state index in [0.717, 1.165) is 27.9 Å². The van der Waals surface area contributed by atoms with Crippen LogP contribution in [-0.2, 0) is 13.5 Å². The highest BCUT2D eigenvalue weighted by atomic mass is 32.2. The third-order valence-electron chi connectivity index (χ3n) is 4.12. The molecule has 0 bridgehead atoms. The zero-order chi connectivity index (χ0) is 18.5. The lowest BCUT2D eigenvalue weighted by molar-refractivity contribution is 0.415. The number of rotatable bonds is 6. The van der Waals surface area contributed by atoms with Crippen molar-refractivity contribution >= 4 is 11.8 Å². The number of methoxy groups -OCH3 is 1. The Bertz CT molecular complexity index is 910. The number of aryl methyl sites for hydroxylation is 1. The molecule has 0 N–H and O–H groups in total. The van der Waals surface area contributed by atoms with E-state index in [9.17, 15) is 5.26 Å². The zero-order valence-electron chi connectivity index (χ0n) is 15.0. The summed E-state index contributed by atoms with van der Waals surface area (Å²) < 4.78 is 7.11. The molecule has 3 rings (SSSR count). The molecule has 0 fully saturated rings. The van der Waals surface area contributed by atoms with Gasteiger partial charge in [0.1, 0.15) is 11.0 Å². The molecule has 3 aromatic rings. The molecule has 0 unspecified atom stereocenters. The van der Waals surface area contributed by atoms with E-state index in [0.29, 0.717) is 6.42 Å². The summed E-state index contributed by atoms with van der Waals surface area (Å²) in [6.07, 6.45) is 0.673. The van der Waals surface area contributed by atoms with Crippen molar-refractivity contribution in [2.45, 2.75) is 23.8 Å². The number of hydrogen-bond acceptors (Lipinski definition) is 5. The second-order valence-corrected chi connectivity index (χ2v) is 7.19. The highest BCUT2D eigenvalue weighted by Crippen LogP contribution is 2.28. The normalized spacial score (nSPS) is 11.8. The molecular formula is C20H20N4OS. The Balaban J connectivity index is 1.75. The molecule has 0 aliphatic carbocycles. The smallest absolute Gasteiger partial charge is 0.192 e. The lowest BCUT2D eigenvalue weighted by Crippen LogP contribution is -2.06. The van der Waals surface area contributed by atoms with Gasteiger partial charge in [0, 0.05) is 12.6 Å². The third kappa shape index (κ3) is 4.06. The quantitative estimate of drug-likeness (QED) is 0.618. The van der Waals surface area contributed by atoms with Crippen LogP contribution in [0.1, 0.15) is 11.1 Å². The Morgan fingerprint density at radius 2 is 1.81 bits per heavy atom. The van der Waals surface area contributed by atoms with Crippen molar-refractivity contribution in [3.8, 4) is 23.2 Å². The van der Waals surface area contributed by atoms with E-state index >= 15 is 0 Å². The van der Waals surface area contributed by atoms with E-state index in [-0.39, 0.29) is 5.25 Å². The van der Waals surface area contributed by atoms with Crippen molar-refractivity contribution in [2.24, 2.45) is 7.05 Å². The van der Waals surface area contributed by atoms with Gasteiger partial charge in [0.05, 0.1) is 13.2 Å². The predicted octanol–water partition coefficient (Wildman–Crippen LogP) is 4.03. The second-order valence-electron chi connectivity index (χ2n) is 6.02. The average Bonchev–Trinajstić information content (AvgIpc) is 3.03. The van der Waals surface area contributed by atoms with Gasteiger partial charge in [-0.2, -0.15) is 5.26 Å². The molecular weight excluding hydrogens is 344 g/mol. The first-order chi connectivity index (χ1) is 12.6. The summed E-state index contributed by atoms with van der Waals surface area (Å²) in [4.78, 5) is 0. The first kappa shape index (κ1) is 18.0. The Morgan fingerprint density at radius 3 is 2.42 bits per heavy atom. The first-order valence-electron chi connectivity index (χ1n) is 8.26. The van der Waals surface area contributed by atoms with Crippen molar-refractivity contribution < 1.29 is 4.74 Å². The lowest BCUT2D eigenvalue weighted by Gasteiger charge is -2.09. The van der Waals surface area contributed by atoms with Crippen LogP contribution in [0.25, 0.3) is 11.4 Å². The zero-order valence-corrected chi connectivity index (χ0v) is 15.8. The van der Waals surface area contributed by atoms with Crippen molar-refractivity contribution in [1.29, 1.82) is 5.26 Å². The van der Waals surface area contributed by atoms with E-state index in [1.54, 1.807) is 7.11 Å². The van der Waals surface area contributed by atoms with Gasteiger partial charge >= 0.3 is 0 Å². The Hall–Kier alpha value is -2.78. The number of thioether (sulfide) groups is 1. The van der Waals surface area contributed by atoms with Crippen LogP contribution >= 0.6 is 11.8 Å². The number of benzene rings is 2. The summed E-state index contributed by atoms with van der Waals surface area (Å²) in [5.41, 5.74) is 3.32. The molecule has 0 spiro atoms. The summed E-state index contributed by atoms with van der Waals surface area (Å²) >= 11 is 1.44. The molecule has 0 saturated carbocycles. The van der Waals surface area contributed by atoms with Crippen molar-refractivity contribution in [3.05, 3.63) is 59.7 Å². The van der Waals surface area contributed by atoms with E-state index < -0.39 is 0 Å². The minimum absolute atomic E-state index is 0.218. The van der Waals surface area contributed by atoms with Gasteiger partial charge in [-0.05, 0) is 43.2 Å². The van der Waals surface area contributed by atoms with Crippen LogP contribution < -0.4 is 4.74 Å². The standard InChI is InChI=1S/C20H20N4OS/c1-14-4-6-15(7-5-14)12-18(13-21)26-20-23-22-19(24(20)2)16-8-10-17(25-3)11-9-16/h4-11,18H,12H2,1-3H3/t18-/m0/s1. The Kier molecular flexibility index (Phi) is 5.59. The van der Waals surface area contributed by atoms with Crippen LogP contribution in [0.5, 0.6) is 5.75 Å². The maximum absolute atomic E-state index is 9.53. The first-order valence-corrected chi connectivity index (χ1v) is 9.14. The van der Waals surface area contributed by atoms with Crippen molar-refractivity contribution in [1.82, 2.24) is 14.8 Å². The fourth-order valence-corrected chi connectivity index (χ4v) is 3.50. The summed E-state index contributed by atoms with van der Waals surface area (Å²) in [7, 11) is 3.56. The third-order valence-corrected chi connectivity index (χ3v) is 5.24. The van der Waals surface area contributed by atoms with Gasteiger partial charge in [-0.3, -0.25) is 0 Å². The molecule has 0 amide bonds. The number of nitrogens with zero attached hydrogens (tertiary/aromatic N) is 4. The maximum atomic E-state index is 9.53. The molecule has 1 heterocycles. The molecule has 0 saturated heterocycles. The monoisotopic (exact) mass is 364 g/mol. The number of nitriles is 1. The highest BCUT2D eigenvalue weighted by Gasteiger charge is 2.17. The van der Waals surface area contributed by atoms with Crippen LogP contribution in [0.3, 0.4) is 0 Å². The Labute approximate surface area is 157 Å². The fraction of sp³-hybridized carbons (Fsp3) is 0.250. The minimum Gasteiger partial charge on any atom is -0.497 e. The van der Waals surface area contributed by atoms with Crippen LogP contribution in [0, 0.1) is 18.3 Å². The predicted molar refractivity (Wildman–Crippen MR) is 103 cm³/mol. The van der Waals surface area contributed by atoms with Gasteiger partial charge in [-0.1, -0.05) is 41.6 Å². The fourth-order valence-electron chi connectivity index (χ4n) is 2.59. The molecule has 0 radical (unpaired) electrons. The van der Waals surface area contributed by atoms with E-state index in [1.165, 1.54) is 17.3 Å². The molecule has 5 nitrogen and oxygen atoms in total. The second kappa shape index (κ2) is 8.07. The molecule has 0 aliphatic heterocycles. The highest BCUT2D eigenvalue weighted by molar-refractivity contribution is 8.00. The lowest BCUT2D eigenvalue weighted by atomic mass is 10.1. The van der Waals surface area contributed by atoms with Crippen LogP contribution in [0.4, 0.5) is 0 Å². The summed E-state index contributed by atoms with van der Waals surface area (Å²) in [6, 6.07) is 18.3. The van der Waals surface area contributed by atoms with E-state index in [1.807, 2.05) is 35.9 Å². The Morgan fingerprint density at radius 1 is 1.12 bits per heavy atom. The van der Waals surface area contributed by atoms with Gasteiger partial charge in [-0.25, -0.2) is 0 Å². The van der Waals surface area contributed by atoms with E-state index in [2.05, 4.69) is 47.5 Å². The largest absolute Gasteiger partial charge is 0.497 e. The summed E-state index contributed by atoms with van der Waals surface area (Å²) in [5, 5.41) is 18.6. The molecule has 2 aromatic carbocycles. The number of aromatic nitrogens is 3. The number of hydrogen-bond donors (Lipinski definition) is 0. The molecule has 0 aliphatic rings. The van der Waals surface area contributed by atoms with Crippen LogP contribution in [0.15, 0.2) is 53.7 Å². The van der Waals surface area contributed by atoms with Crippen molar-refractivity contribution in [2.75, 3.05) is 7.11 Å². The molecule has 6 heteroatoms. The van der Waals surface area contributed by atoms with Gasteiger partial charge in [-0.15, -0.1) is 10.2 Å². The van der Waals surface area contributed by atoms with Gasteiger partial charge < -0.3 is 9.30 Å². The van der Waals surface area contributed by atoms with Crippen LogP contribution in [-0.4, -0.2) is 27.1 Å². The van der Waals surface area contributed by atoms with Crippen molar-refractivity contribution in [3.63, 3.8) is 0 Å². The minimum atomic E-state index is -0.218. The molecule has 26 heavy (non-hydrogen) atoms. The van der Waals surface area contributed by atoms with Crippen LogP contribution in [0.2, 0.25) is 0 Å². The molecule has 1 aromatic heterocycles. The summed E-state index contributed by atoms with van der Waals surface area (Å²) in [5.74, 6) is 1.57. The topological polar surface area (TPSA) is 63.7 Å². The average molecular weight is 364 g/mol. The van der Waals surface area contributed by atoms with Gasteiger partial charge in [0.25, 0.3) is 0 Å².